The van der Waals surface area contributed by atoms with E-state index in [4.69, 9.17) is 0 Å². The molecular weight excluding hydrogens is 719 g/mol. The molecule has 5 rings (SSSR count). The number of rotatable bonds is 13. The Morgan fingerprint density at radius 3 is 2.00 bits per heavy atom. The Kier molecular flexibility index (Phi) is 21.6. The van der Waals surface area contributed by atoms with Crippen LogP contribution in [0.3, 0.4) is 0 Å². The molecule has 0 spiro atoms. The van der Waals surface area contributed by atoms with Gasteiger partial charge in [-0.3, -0.25) is 19.2 Å². The van der Waals surface area contributed by atoms with Crippen molar-refractivity contribution in [2.75, 3.05) is 29.5 Å². The van der Waals surface area contributed by atoms with Crippen LogP contribution in [0.15, 0.2) is 82.4 Å². The van der Waals surface area contributed by atoms with E-state index in [1.807, 2.05) is 6.92 Å². The minimum atomic E-state index is -1.15. The molecule has 4 aromatic carbocycles. The van der Waals surface area contributed by atoms with Gasteiger partial charge in [0.2, 0.25) is 5.91 Å². The van der Waals surface area contributed by atoms with Crippen LogP contribution in [-0.4, -0.2) is 42.5 Å². The summed E-state index contributed by atoms with van der Waals surface area (Å²) < 4.78 is 0. The van der Waals surface area contributed by atoms with Gasteiger partial charge < -0.3 is 31.7 Å². The number of para-hydroxylation sites is 1. The number of amides is 2. The smallest absolute Gasteiger partial charge is 0.326 e. The third kappa shape index (κ3) is 16.0. The van der Waals surface area contributed by atoms with Crippen molar-refractivity contribution in [1.29, 1.82) is 0 Å². The molecule has 6 N–H and O–H groups in total. The van der Waals surface area contributed by atoms with Gasteiger partial charge in [0.15, 0.2) is 0 Å². The number of hydrogen-bond donors (Lipinski definition) is 6. The first kappa shape index (κ1) is 47.3. The van der Waals surface area contributed by atoms with Crippen LogP contribution in [0.4, 0.5) is 22.7 Å². The molecule has 1 aliphatic rings. The Morgan fingerprint density at radius 1 is 0.807 bits per heavy atom. The van der Waals surface area contributed by atoms with Crippen molar-refractivity contribution >= 4 is 40.5 Å². The monoisotopic (exact) mass is 779 g/mol. The molecule has 11 nitrogen and oxygen atoms in total. The SMILES string of the molecule is CC#CC(C)CC(=O)NCCCC[C@H](NC(=O)c1ccc(Nc2c(NC)c(=O)c2=O)cc1)C(=O)O.CCC.CCC.c1ccc2c(c1)CCc1ccccc1NC2. The van der Waals surface area contributed by atoms with Crippen LogP contribution in [0.1, 0.15) is 107 Å². The summed E-state index contributed by atoms with van der Waals surface area (Å²) in [5.74, 6) is 3.86. The van der Waals surface area contributed by atoms with Gasteiger partial charge in [0.05, 0.1) is 0 Å². The van der Waals surface area contributed by atoms with Gasteiger partial charge in [-0.05, 0) is 86.1 Å². The van der Waals surface area contributed by atoms with E-state index in [1.54, 1.807) is 19.1 Å². The largest absolute Gasteiger partial charge is 0.480 e. The first-order valence-corrected chi connectivity index (χ1v) is 19.9. The minimum absolute atomic E-state index is 0.0238. The molecule has 11 heteroatoms. The summed E-state index contributed by atoms with van der Waals surface area (Å²) in [7, 11) is 1.54. The average molecular weight is 780 g/mol. The molecule has 57 heavy (non-hydrogen) atoms. The Balaban J connectivity index is 0.000000416. The summed E-state index contributed by atoms with van der Waals surface area (Å²) in [4.78, 5) is 59.0. The van der Waals surface area contributed by atoms with Gasteiger partial charge in [0.1, 0.15) is 17.4 Å². The maximum atomic E-state index is 12.5. The second-order valence-electron chi connectivity index (χ2n) is 13.8. The summed E-state index contributed by atoms with van der Waals surface area (Å²) in [6, 6.07) is 22.3. The molecule has 0 bridgehead atoms. The van der Waals surface area contributed by atoms with E-state index in [9.17, 15) is 29.1 Å². The predicted octanol–water partition coefficient (Wildman–Crippen LogP) is 7.82. The second-order valence-corrected chi connectivity index (χ2v) is 13.8. The van der Waals surface area contributed by atoms with Crippen LogP contribution in [0.5, 0.6) is 0 Å². The maximum Gasteiger partial charge on any atom is 0.326 e. The summed E-state index contributed by atoms with van der Waals surface area (Å²) in [6.07, 6.45) is 6.37. The third-order valence-corrected chi connectivity index (χ3v) is 8.57. The number of aliphatic carboxylic acids is 1. The van der Waals surface area contributed by atoms with Crippen LogP contribution in [0, 0.1) is 17.8 Å². The van der Waals surface area contributed by atoms with Crippen LogP contribution in [0.2, 0.25) is 0 Å². The Hall–Kier alpha value is -5.89. The van der Waals surface area contributed by atoms with Gasteiger partial charge >= 0.3 is 5.97 Å². The number of benzene rings is 3. The molecule has 306 valence electrons. The van der Waals surface area contributed by atoms with Crippen molar-refractivity contribution in [2.24, 2.45) is 5.92 Å². The Bertz CT molecular complexity index is 1890. The van der Waals surface area contributed by atoms with Gasteiger partial charge in [-0.15, -0.1) is 5.92 Å². The molecule has 0 aromatic heterocycles. The number of nitrogens with one attached hydrogen (secondary N) is 5. The van der Waals surface area contributed by atoms with E-state index in [2.05, 4.69) is 115 Å². The summed E-state index contributed by atoms with van der Waals surface area (Å²) in [5, 5.41) is 23.8. The molecule has 1 aliphatic heterocycles. The molecule has 4 aromatic rings. The molecule has 0 saturated carbocycles. The molecule has 0 aliphatic carbocycles. The fourth-order valence-corrected chi connectivity index (χ4v) is 5.79. The number of fused-ring (bicyclic) bond motifs is 2. The average Bonchev–Trinajstić information content (AvgIpc) is 3.19. The first-order valence-electron chi connectivity index (χ1n) is 19.9. The van der Waals surface area contributed by atoms with Crippen LogP contribution >= 0.6 is 0 Å². The lowest BCUT2D eigenvalue weighted by Crippen LogP contribution is -2.40. The molecule has 0 fully saturated rings. The summed E-state index contributed by atoms with van der Waals surface area (Å²) in [6.45, 7) is 13.4. The molecule has 0 saturated heterocycles. The molecular formula is C46H61N5O6. The normalized spacial score (nSPS) is 12.0. The summed E-state index contributed by atoms with van der Waals surface area (Å²) in [5.41, 5.74) is 5.50. The molecule has 0 radical (unpaired) electrons. The van der Waals surface area contributed by atoms with Crippen molar-refractivity contribution in [1.82, 2.24) is 10.6 Å². The van der Waals surface area contributed by atoms with Crippen molar-refractivity contribution in [3.63, 3.8) is 0 Å². The fraction of sp³-hybridized carbons (Fsp3) is 0.413. The van der Waals surface area contributed by atoms with E-state index in [0.29, 0.717) is 31.5 Å². The fourth-order valence-electron chi connectivity index (χ4n) is 5.79. The van der Waals surface area contributed by atoms with Gasteiger partial charge in [-0.2, -0.15) is 0 Å². The van der Waals surface area contributed by atoms with Gasteiger partial charge in [-0.25, -0.2) is 4.79 Å². The predicted molar refractivity (Wildman–Crippen MR) is 233 cm³/mol. The topological polar surface area (TPSA) is 166 Å². The van der Waals surface area contributed by atoms with Crippen molar-refractivity contribution in [3.05, 3.63) is 115 Å². The number of carboxylic acid groups (broad SMARTS) is 1. The van der Waals surface area contributed by atoms with Gasteiger partial charge in [0, 0.05) is 49.4 Å². The highest BCUT2D eigenvalue weighted by Gasteiger charge is 2.22. The molecule has 1 heterocycles. The number of carbonyl (C=O) groups excluding carboxylic acids is 2. The third-order valence-electron chi connectivity index (χ3n) is 8.57. The van der Waals surface area contributed by atoms with E-state index in [-0.39, 0.29) is 35.2 Å². The standard InChI is InChI=1S/C25H30N4O6.C15H15N.2C3H8/c1-4-7-15(2)14-19(30)27-13-6-5-8-18(25(34)35)29-24(33)16-9-11-17(12-10-16)28-21-20(26-3)22(31)23(21)32;1-2-7-14-11-16-15-8-4-3-6-13(15)10-9-12(14)5-1;2*1-3-2/h9-12,15,18,26,28H,5-6,8,13-14H2,1-3H3,(H,27,30)(H,29,33)(H,34,35);1-8,16H,9-11H2;2*3H2,1-2H3/t15?,18-;;;/m0.../s1. The van der Waals surface area contributed by atoms with E-state index in [1.165, 1.54) is 54.4 Å². The second kappa shape index (κ2) is 26.1. The number of hydrogen-bond acceptors (Lipinski definition) is 8. The first-order chi connectivity index (χ1) is 27.4. The number of carbonyl (C=O) groups is 3. The van der Waals surface area contributed by atoms with E-state index in [0.717, 1.165) is 19.4 Å². The van der Waals surface area contributed by atoms with Crippen molar-refractivity contribution < 1.29 is 19.5 Å². The number of anilines is 4. The van der Waals surface area contributed by atoms with Crippen LogP contribution in [0.25, 0.3) is 0 Å². The minimum Gasteiger partial charge on any atom is -0.480 e. The summed E-state index contributed by atoms with van der Waals surface area (Å²) >= 11 is 0. The van der Waals surface area contributed by atoms with E-state index < -0.39 is 28.8 Å². The highest BCUT2D eigenvalue weighted by atomic mass is 16.4. The number of unbranched alkanes of at least 4 members (excludes halogenated alkanes) is 1. The lowest BCUT2D eigenvalue weighted by atomic mass is 9.97. The zero-order valence-corrected chi connectivity index (χ0v) is 34.6. The molecule has 2 amide bonds. The van der Waals surface area contributed by atoms with Crippen molar-refractivity contribution in [2.45, 2.75) is 105 Å². The lowest BCUT2D eigenvalue weighted by Gasteiger charge is -2.18. The Morgan fingerprint density at radius 2 is 1.39 bits per heavy atom. The van der Waals surface area contributed by atoms with Crippen molar-refractivity contribution in [3.8, 4) is 11.8 Å². The maximum absolute atomic E-state index is 12.5. The zero-order valence-electron chi connectivity index (χ0n) is 34.6. The quantitative estimate of drug-likeness (QED) is 0.0451. The number of aryl methyl sites for hydroxylation is 2. The Labute approximate surface area is 338 Å². The van der Waals surface area contributed by atoms with E-state index >= 15 is 0 Å². The molecule has 2 atom stereocenters. The van der Waals surface area contributed by atoms with Crippen LogP contribution < -0.4 is 37.4 Å². The van der Waals surface area contributed by atoms with Gasteiger partial charge in [0.25, 0.3) is 16.8 Å². The lowest BCUT2D eigenvalue weighted by molar-refractivity contribution is -0.139. The zero-order chi connectivity index (χ0) is 42.2. The highest BCUT2D eigenvalue weighted by molar-refractivity contribution is 5.97. The van der Waals surface area contributed by atoms with Crippen LogP contribution in [-0.2, 0) is 29.0 Å². The number of carboxylic acids is 1. The molecule has 1 unspecified atom stereocenters. The highest BCUT2D eigenvalue weighted by Crippen LogP contribution is 2.23. The van der Waals surface area contributed by atoms with Gasteiger partial charge in [-0.1, -0.05) is 95.8 Å².